The van der Waals surface area contributed by atoms with Gasteiger partial charge in [-0.25, -0.2) is 0 Å². The summed E-state index contributed by atoms with van der Waals surface area (Å²) in [6, 6.07) is -1.94. The Hall–Kier alpha value is -2.16. The maximum atomic E-state index is 12.4. The minimum Gasteiger partial charge on any atom is -0.480 e. The van der Waals surface area contributed by atoms with E-state index in [1.165, 1.54) is 6.92 Å². The largest absolute Gasteiger partial charge is 0.480 e. The highest BCUT2D eigenvalue weighted by atomic mass is 16.4. The normalized spacial score (nSPS) is 19.1. The molecule has 0 aromatic heterocycles. The molecular weight excluding hydrogens is 328 g/mol. The van der Waals surface area contributed by atoms with Crippen LogP contribution in [0.4, 0.5) is 0 Å². The van der Waals surface area contributed by atoms with Gasteiger partial charge in [-0.15, -0.1) is 0 Å². The molecule has 0 aromatic rings. The lowest BCUT2D eigenvalue weighted by Gasteiger charge is -2.23. The van der Waals surface area contributed by atoms with Gasteiger partial charge in [-0.05, 0) is 38.6 Å². The second-order valence-electron chi connectivity index (χ2n) is 6.68. The third-order valence-corrected chi connectivity index (χ3v) is 3.88. The molecule has 25 heavy (non-hydrogen) atoms. The molecule has 0 radical (unpaired) electrons. The molecule has 0 bridgehead atoms. The Kier molecular flexibility index (Phi) is 8.33. The Morgan fingerprint density at radius 1 is 1.12 bits per heavy atom. The molecule has 0 aromatic carbocycles. The lowest BCUT2D eigenvalue weighted by Crippen LogP contribution is -2.55. The Balaban J connectivity index is 2.61. The predicted octanol–water partition coefficient (Wildman–Crippen LogP) is -1.03. The lowest BCUT2D eigenvalue weighted by molar-refractivity contribution is -0.138. The highest BCUT2D eigenvalue weighted by molar-refractivity contribution is 5.93. The second kappa shape index (κ2) is 9.97. The summed E-state index contributed by atoms with van der Waals surface area (Å²) in [4.78, 5) is 46.9. The maximum absolute atomic E-state index is 12.4. The van der Waals surface area contributed by atoms with Crippen molar-refractivity contribution in [2.45, 2.75) is 58.2 Å². The molecule has 1 aliphatic heterocycles. The highest BCUT2D eigenvalue weighted by Gasteiger charge is 2.29. The first-order valence-electron chi connectivity index (χ1n) is 8.54. The van der Waals surface area contributed by atoms with E-state index in [9.17, 15) is 19.2 Å². The van der Waals surface area contributed by atoms with Crippen LogP contribution in [0.5, 0.6) is 0 Å². The number of hydrogen-bond donors (Lipinski definition) is 5. The molecule has 1 heterocycles. The number of carbonyl (C=O) groups is 4. The van der Waals surface area contributed by atoms with Crippen LogP contribution in [-0.2, 0) is 19.2 Å². The monoisotopic (exact) mass is 356 g/mol. The van der Waals surface area contributed by atoms with Gasteiger partial charge in [-0.3, -0.25) is 19.2 Å². The van der Waals surface area contributed by atoms with Crippen LogP contribution in [0.2, 0.25) is 0 Å². The summed E-state index contributed by atoms with van der Waals surface area (Å²) in [5, 5.41) is 19.1. The average molecular weight is 356 g/mol. The van der Waals surface area contributed by atoms with Crippen LogP contribution in [-0.4, -0.2) is 60.0 Å². The molecular formula is C16H28N4O5. The molecule has 3 unspecified atom stereocenters. The molecule has 1 fully saturated rings. The van der Waals surface area contributed by atoms with Crippen LogP contribution < -0.4 is 21.3 Å². The minimum atomic E-state index is -1.17. The molecule has 1 aliphatic rings. The summed E-state index contributed by atoms with van der Waals surface area (Å²) >= 11 is 0. The average Bonchev–Trinajstić information content (AvgIpc) is 3.05. The summed E-state index contributed by atoms with van der Waals surface area (Å²) in [6.07, 6.45) is 2.09. The fraction of sp³-hybridized carbons (Fsp3) is 0.750. The van der Waals surface area contributed by atoms with E-state index in [-0.39, 0.29) is 17.9 Å². The van der Waals surface area contributed by atoms with E-state index >= 15 is 0 Å². The number of aliphatic carboxylic acids is 1. The number of hydrogen-bond acceptors (Lipinski definition) is 5. The van der Waals surface area contributed by atoms with Gasteiger partial charge in [0.2, 0.25) is 17.7 Å². The summed E-state index contributed by atoms with van der Waals surface area (Å²) in [5.41, 5.74) is 0. The smallest absolute Gasteiger partial charge is 0.322 e. The quantitative estimate of drug-likeness (QED) is 0.358. The Bertz CT molecular complexity index is 503. The van der Waals surface area contributed by atoms with Gasteiger partial charge >= 0.3 is 5.97 Å². The summed E-state index contributed by atoms with van der Waals surface area (Å²) in [6.45, 7) is 5.59. The van der Waals surface area contributed by atoms with E-state index in [0.717, 1.165) is 19.4 Å². The fourth-order valence-electron chi connectivity index (χ4n) is 2.58. The van der Waals surface area contributed by atoms with E-state index in [0.29, 0.717) is 6.42 Å². The number of carboxylic acids is 1. The van der Waals surface area contributed by atoms with Crippen molar-refractivity contribution in [1.82, 2.24) is 21.3 Å². The van der Waals surface area contributed by atoms with Crippen molar-refractivity contribution in [2.24, 2.45) is 5.92 Å². The zero-order valence-corrected chi connectivity index (χ0v) is 14.9. The van der Waals surface area contributed by atoms with Crippen LogP contribution in [0.1, 0.15) is 40.0 Å². The van der Waals surface area contributed by atoms with Gasteiger partial charge in [0, 0.05) is 0 Å². The molecule has 9 nitrogen and oxygen atoms in total. The van der Waals surface area contributed by atoms with Crippen molar-refractivity contribution in [1.29, 1.82) is 0 Å². The fourth-order valence-corrected chi connectivity index (χ4v) is 2.58. The third-order valence-electron chi connectivity index (χ3n) is 3.88. The first kappa shape index (κ1) is 20.9. The third kappa shape index (κ3) is 7.51. The number of amides is 3. The molecule has 3 atom stereocenters. The van der Waals surface area contributed by atoms with Gasteiger partial charge in [0.25, 0.3) is 0 Å². The molecule has 142 valence electrons. The summed E-state index contributed by atoms with van der Waals surface area (Å²) < 4.78 is 0. The first-order chi connectivity index (χ1) is 11.7. The van der Waals surface area contributed by atoms with Crippen LogP contribution in [0.15, 0.2) is 0 Å². The van der Waals surface area contributed by atoms with Gasteiger partial charge < -0.3 is 26.4 Å². The summed E-state index contributed by atoms with van der Waals surface area (Å²) in [5.74, 6) is -2.27. The lowest BCUT2D eigenvalue weighted by atomic mass is 10.0. The van der Waals surface area contributed by atoms with Crippen molar-refractivity contribution < 1.29 is 24.3 Å². The van der Waals surface area contributed by atoms with Crippen LogP contribution in [0, 0.1) is 5.92 Å². The molecule has 0 saturated carbocycles. The zero-order valence-electron chi connectivity index (χ0n) is 14.9. The maximum Gasteiger partial charge on any atom is 0.322 e. The number of carboxylic acid groups (broad SMARTS) is 1. The van der Waals surface area contributed by atoms with Crippen molar-refractivity contribution in [3.8, 4) is 0 Å². The highest BCUT2D eigenvalue weighted by Crippen LogP contribution is 2.09. The van der Waals surface area contributed by atoms with Gasteiger partial charge in [0.05, 0.1) is 6.04 Å². The zero-order chi connectivity index (χ0) is 19.0. The number of nitrogens with one attached hydrogen (secondary N) is 4. The molecule has 3 amide bonds. The number of carbonyl (C=O) groups excluding carboxylic acids is 3. The molecule has 0 aliphatic carbocycles. The molecule has 1 saturated heterocycles. The van der Waals surface area contributed by atoms with Crippen molar-refractivity contribution in [3.05, 3.63) is 0 Å². The van der Waals surface area contributed by atoms with E-state index in [2.05, 4.69) is 21.3 Å². The van der Waals surface area contributed by atoms with Crippen LogP contribution >= 0.6 is 0 Å². The minimum absolute atomic E-state index is 0.170. The Morgan fingerprint density at radius 2 is 1.80 bits per heavy atom. The first-order valence-corrected chi connectivity index (χ1v) is 8.54. The topological polar surface area (TPSA) is 137 Å². The predicted molar refractivity (Wildman–Crippen MR) is 90.7 cm³/mol. The molecule has 0 spiro atoms. The van der Waals surface area contributed by atoms with Gasteiger partial charge in [-0.1, -0.05) is 13.8 Å². The standard InChI is InChI=1S/C16H28N4O5/c1-9(2)7-12(20-15(24)11-5-4-6-17-11)16(25)19-10(3)14(23)18-8-13(21)22/h9-12,17H,4-8H2,1-3H3,(H,18,23)(H,19,25)(H,20,24)(H,21,22). The van der Waals surface area contributed by atoms with E-state index < -0.39 is 36.4 Å². The molecule has 5 N–H and O–H groups in total. The van der Waals surface area contributed by atoms with E-state index in [1.807, 2.05) is 13.8 Å². The Labute approximate surface area is 147 Å². The Morgan fingerprint density at radius 3 is 2.32 bits per heavy atom. The molecule has 9 heteroatoms. The van der Waals surface area contributed by atoms with Gasteiger partial charge in [-0.2, -0.15) is 0 Å². The van der Waals surface area contributed by atoms with Crippen molar-refractivity contribution in [2.75, 3.05) is 13.1 Å². The van der Waals surface area contributed by atoms with Gasteiger partial charge in [0.1, 0.15) is 18.6 Å². The summed E-state index contributed by atoms with van der Waals surface area (Å²) in [7, 11) is 0. The van der Waals surface area contributed by atoms with E-state index in [4.69, 9.17) is 5.11 Å². The van der Waals surface area contributed by atoms with Crippen LogP contribution in [0.25, 0.3) is 0 Å². The molecule has 1 rings (SSSR count). The van der Waals surface area contributed by atoms with E-state index in [1.54, 1.807) is 0 Å². The van der Waals surface area contributed by atoms with Crippen molar-refractivity contribution in [3.63, 3.8) is 0 Å². The van der Waals surface area contributed by atoms with Crippen LogP contribution in [0.3, 0.4) is 0 Å². The van der Waals surface area contributed by atoms with Crippen molar-refractivity contribution >= 4 is 23.7 Å². The number of rotatable bonds is 9. The van der Waals surface area contributed by atoms with Gasteiger partial charge in [0.15, 0.2) is 0 Å². The second-order valence-corrected chi connectivity index (χ2v) is 6.68. The SMILES string of the molecule is CC(C)CC(NC(=O)C1CCCN1)C(=O)NC(C)C(=O)NCC(=O)O.